The third-order valence-corrected chi connectivity index (χ3v) is 6.52. The standard InChI is InChI=1S/C24H40N2O/c1-23(2,3)18-15-19(22(27)20(16-18)24(4,5)6)21(17-9-7-8-10-17)26-13-11-25-12-14-26/h15-17,21,25,27H,7-14H2,1-6H3/t21-/m1/s1. The van der Waals surface area contributed by atoms with Crippen molar-refractivity contribution in [3.05, 3.63) is 28.8 Å². The first-order valence-corrected chi connectivity index (χ1v) is 10.9. The van der Waals surface area contributed by atoms with Gasteiger partial charge in [0.15, 0.2) is 0 Å². The summed E-state index contributed by atoms with van der Waals surface area (Å²) < 4.78 is 0. The van der Waals surface area contributed by atoms with Gasteiger partial charge >= 0.3 is 0 Å². The summed E-state index contributed by atoms with van der Waals surface area (Å²) in [7, 11) is 0. The molecule has 0 spiro atoms. The van der Waals surface area contributed by atoms with Gasteiger partial charge in [-0.2, -0.15) is 0 Å². The molecule has 1 aromatic carbocycles. The molecule has 1 aliphatic carbocycles. The first-order valence-electron chi connectivity index (χ1n) is 10.9. The SMILES string of the molecule is CC(C)(C)c1cc([C@@H](C2CCCC2)N2CCNCC2)c(O)c(C(C)(C)C)c1. The van der Waals surface area contributed by atoms with E-state index >= 15 is 0 Å². The minimum absolute atomic E-state index is 0.0657. The van der Waals surface area contributed by atoms with E-state index in [0.29, 0.717) is 17.7 Å². The number of piperazine rings is 1. The molecule has 27 heavy (non-hydrogen) atoms. The summed E-state index contributed by atoms with van der Waals surface area (Å²) in [5.41, 5.74) is 3.64. The number of phenols is 1. The van der Waals surface area contributed by atoms with Gasteiger partial charge in [0.2, 0.25) is 0 Å². The van der Waals surface area contributed by atoms with Crippen molar-refractivity contribution in [3.8, 4) is 5.75 Å². The van der Waals surface area contributed by atoms with Crippen molar-refractivity contribution in [3.63, 3.8) is 0 Å². The highest BCUT2D eigenvalue weighted by Gasteiger charge is 2.36. The van der Waals surface area contributed by atoms with E-state index in [0.717, 1.165) is 31.7 Å². The Balaban J connectivity index is 2.14. The minimum atomic E-state index is -0.0657. The van der Waals surface area contributed by atoms with Gasteiger partial charge in [-0.3, -0.25) is 4.90 Å². The maximum absolute atomic E-state index is 11.4. The lowest BCUT2D eigenvalue weighted by Gasteiger charge is -2.40. The Morgan fingerprint density at radius 1 is 0.963 bits per heavy atom. The third kappa shape index (κ3) is 4.51. The number of rotatable bonds is 3. The molecule has 1 saturated carbocycles. The number of benzene rings is 1. The molecule has 2 aliphatic rings. The lowest BCUT2D eigenvalue weighted by atomic mass is 9.76. The highest BCUT2D eigenvalue weighted by molar-refractivity contribution is 5.50. The summed E-state index contributed by atoms with van der Waals surface area (Å²) >= 11 is 0. The molecule has 0 amide bonds. The summed E-state index contributed by atoms with van der Waals surface area (Å²) in [4.78, 5) is 2.64. The molecule has 152 valence electrons. The highest BCUT2D eigenvalue weighted by atomic mass is 16.3. The molecule has 0 radical (unpaired) electrons. The Morgan fingerprint density at radius 2 is 1.56 bits per heavy atom. The van der Waals surface area contributed by atoms with E-state index in [1.54, 1.807) is 0 Å². The zero-order chi connectivity index (χ0) is 19.8. The van der Waals surface area contributed by atoms with Gasteiger partial charge in [0.25, 0.3) is 0 Å². The van der Waals surface area contributed by atoms with E-state index in [1.807, 2.05) is 0 Å². The molecule has 3 nitrogen and oxygen atoms in total. The van der Waals surface area contributed by atoms with Crippen LogP contribution >= 0.6 is 0 Å². The quantitative estimate of drug-likeness (QED) is 0.772. The van der Waals surface area contributed by atoms with Crippen molar-refractivity contribution in [1.82, 2.24) is 10.2 Å². The van der Waals surface area contributed by atoms with Gasteiger partial charge in [-0.15, -0.1) is 0 Å². The molecular weight excluding hydrogens is 332 g/mol. The van der Waals surface area contributed by atoms with Crippen LogP contribution in [0.4, 0.5) is 0 Å². The number of nitrogens with one attached hydrogen (secondary N) is 1. The fourth-order valence-electron chi connectivity index (χ4n) is 4.87. The van der Waals surface area contributed by atoms with Crippen LogP contribution in [0.3, 0.4) is 0 Å². The molecular formula is C24H40N2O. The summed E-state index contributed by atoms with van der Waals surface area (Å²) in [6.07, 6.45) is 5.25. The van der Waals surface area contributed by atoms with Crippen LogP contribution in [0.2, 0.25) is 0 Å². The van der Waals surface area contributed by atoms with Crippen molar-refractivity contribution < 1.29 is 5.11 Å². The third-order valence-electron chi connectivity index (χ3n) is 6.52. The number of phenolic OH excluding ortho intramolecular Hbond substituents is 1. The number of nitrogens with zero attached hydrogens (tertiary/aromatic N) is 1. The van der Waals surface area contributed by atoms with Gasteiger partial charge in [-0.05, 0) is 46.8 Å². The number of aromatic hydroxyl groups is 1. The largest absolute Gasteiger partial charge is 0.507 e. The second-order valence-electron chi connectivity index (χ2n) is 10.7. The fourth-order valence-corrected chi connectivity index (χ4v) is 4.87. The molecule has 1 saturated heterocycles. The minimum Gasteiger partial charge on any atom is -0.507 e. The van der Waals surface area contributed by atoms with Crippen LogP contribution in [-0.4, -0.2) is 36.2 Å². The maximum Gasteiger partial charge on any atom is 0.124 e. The van der Waals surface area contributed by atoms with E-state index in [-0.39, 0.29) is 10.8 Å². The molecule has 3 rings (SSSR count). The van der Waals surface area contributed by atoms with Gasteiger partial charge in [-0.1, -0.05) is 60.5 Å². The van der Waals surface area contributed by atoms with Crippen molar-refractivity contribution in [2.75, 3.05) is 26.2 Å². The number of hydrogen-bond acceptors (Lipinski definition) is 3. The van der Waals surface area contributed by atoms with Crippen LogP contribution < -0.4 is 5.32 Å². The van der Waals surface area contributed by atoms with Crippen LogP contribution in [0.25, 0.3) is 0 Å². The van der Waals surface area contributed by atoms with E-state index in [9.17, 15) is 5.11 Å². The average molecular weight is 373 g/mol. The predicted octanol–water partition coefficient (Wildman–Crippen LogP) is 5.12. The van der Waals surface area contributed by atoms with E-state index < -0.39 is 0 Å². The van der Waals surface area contributed by atoms with Crippen molar-refractivity contribution in [2.24, 2.45) is 5.92 Å². The van der Waals surface area contributed by atoms with E-state index in [1.165, 1.54) is 36.8 Å². The first-order chi connectivity index (χ1) is 12.6. The van der Waals surface area contributed by atoms with Crippen LogP contribution in [0.15, 0.2) is 12.1 Å². The normalized spacial score (nSPS) is 21.6. The molecule has 1 aliphatic heterocycles. The Bertz CT molecular complexity index is 642. The van der Waals surface area contributed by atoms with Gasteiger partial charge in [0.05, 0.1) is 0 Å². The molecule has 1 atom stereocenters. The Kier molecular flexibility index (Phi) is 5.93. The fraction of sp³-hybridized carbons (Fsp3) is 0.750. The average Bonchev–Trinajstić information content (AvgIpc) is 3.09. The maximum atomic E-state index is 11.4. The summed E-state index contributed by atoms with van der Waals surface area (Å²) in [5, 5.41) is 14.9. The molecule has 0 bridgehead atoms. The van der Waals surface area contributed by atoms with Crippen molar-refractivity contribution in [1.29, 1.82) is 0 Å². The van der Waals surface area contributed by atoms with Gasteiger partial charge < -0.3 is 10.4 Å². The van der Waals surface area contributed by atoms with Crippen molar-refractivity contribution >= 4 is 0 Å². The van der Waals surface area contributed by atoms with Crippen LogP contribution in [0, 0.1) is 5.92 Å². The highest BCUT2D eigenvalue weighted by Crippen LogP contribution is 2.46. The Labute approximate surface area is 166 Å². The first kappa shape index (κ1) is 20.7. The van der Waals surface area contributed by atoms with Gasteiger partial charge in [0, 0.05) is 37.8 Å². The van der Waals surface area contributed by atoms with Crippen LogP contribution in [-0.2, 0) is 10.8 Å². The second kappa shape index (κ2) is 7.75. The monoisotopic (exact) mass is 372 g/mol. The lowest BCUT2D eigenvalue weighted by molar-refractivity contribution is 0.123. The topological polar surface area (TPSA) is 35.5 Å². The summed E-state index contributed by atoms with van der Waals surface area (Å²) in [5.74, 6) is 1.21. The van der Waals surface area contributed by atoms with Gasteiger partial charge in [-0.25, -0.2) is 0 Å². The zero-order valence-corrected chi connectivity index (χ0v) is 18.4. The van der Waals surface area contributed by atoms with E-state index in [2.05, 4.69) is 63.9 Å². The predicted molar refractivity (Wildman–Crippen MR) is 115 cm³/mol. The number of hydrogen-bond donors (Lipinski definition) is 2. The Hall–Kier alpha value is -1.06. The molecule has 2 N–H and O–H groups in total. The smallest absolute Gasteiger partial charge is 0.124 e. The molecule has 0 unspecified atom stereocenters. The molecule has 1 aromatic rings. The van der Waals surface area contributed by atoms with Gasteiger partial charge in [0.1, 0.15) is 5.75 Å². The summed E-state index contributed by atoms with van der Waals surface area (Å²) in [6.45, 7) is 17.7. The zero-order valence-electron chi connectivity index (χ0n) is 18.4. The lowest BCUT2D eigenvalue weighted by Crippen LogP contribution is -2.46. The van der Waals surface area contributed by atoms with Crippen LogP contribution in [0.5, 0.6) is 5.75 Å². The van der Waals surface area contributed by atoms with Crippen LogP contribution in [0.1, 0.15) is 90.0 Å². The van der Waals surface area contributed by atoms with Crippen molar-refractivity contribution in [2.45, 2.75) is 84.1 Å². The Morgan fingerprint density at radius 3 is 2.07 bits per heavy atom. The molecule has 0 aromatic heterocycles. The summed E-state index contributed by atoms with van der Waals surface area (Å²) in [6, 6.07) is 4.93. The second-order valence-corrected chi connectivity index (χ2v) is 10.7. The van der Waals surface area contributed by atoms with E-state index in [4.69, 9.17) is 0 Å². The molecule has 1 heterocycles. The molecule has 3 heteroatoms. The molecule has 2 fully saturated rings.